The number of carbonyl (C=O) groups is 1. The van der Waals surface area contributed by atoms with Crippen LogP contribution in [-0.4, -0.2) is 86.0 Å². The number of likely N-dealkylation sites (tertiary alicyclic amines) is 1. The zero-order valence-electron chi connectivity index (χ0n) is 28.9. The minimum Gasteiger partial charge on any atom is -0.392 e. The highest BCUT2D eigenvalue weighted by atomic mass is 16.5. The molecular formula is C38H46N8O4. The van der Waals surface area contributed by atoms with E-state index in [0.29, 0.717) is 65.4 Å². The van der Waals surface area contributed by atoms with Crippen LogP contribution in [0.2, 0.25) is 0 Å². The van der Waals surface area contributed by atoms with Gasteiger partial charge in [-0.15, -0.1) is 0 Å². The molecule has 2 atom stereocenters. The Kier molecular flexibility index (Phi) is 8.92. The molecule has 4 aliphatic heterocycles. The number of aliphatic hydroxyl groups is 1. The minimum atomic E-state index is -0.315. The van der Waals surface area contributed by atoms with Gasteiger partial charge in [0, 0.05) is 75.0 Å². The van der Waals surface area contributed by atoms with Crippen LogP contribution in [0, 0.1) is 0 Å². The van der Waals surface area contributed by atoms with Crippen LogP contribution < -0.4 is 20.7 Å². The smallest absolute Gasteiger partial charge is 0.276 e. The Labute approximate surface area is 292 Å². The van der Waals surface area contributed by atoms with Crippen LogP contribution in [0.25, 0.3) is 11.1 Å². The van der Waals surface area contributed by atoms with Gasteiger partial charge in [-0.2, -0.15) is 0 Å². The van der Waals surface area contributed by atoms with Gasteiger partial charge in [-0.05, 0) is 67.1 Å². The Balaban J connectivity index is 1.02. The molecule has 3 saturated heterocycles. The maximum atomic E-state index is 13.8. The van der Waals surface area contributed by atoms with Gasteiger partial charge >= 0.3 is 0 Å². The van der Waals surface area contributed by atoms with Crippen molar-refractivity contribution in [3.63, 3.8) is 0 Å². The van der Waals surface area contributed by atoms with Crippen molar-refractivity contribution in [3.8, 4) is 11.1 Å². The number of nitrogens with one attached hydrogen (secondary N) is 1. The molecule has 4 aromatic rings. The van der Waals surface area contributed by atoms with Gasteiger partial charge in [-0.3, -0.25) is 19.4 Å². The third-order valence-corrected chi connectivity index (χ3v) is 10.9. The van der Waals surface area contributed by atoms with Crippen LogP contribution in [0.5, 0.6) is 0 Å². The van der Waals surface area contributed by atoms with Crippen LogP contribution in [0.3, 0.4) is 0 Å². The van der Waals surface area contributed by atoms with Gasteiger partial charge in [-0.1, -0.05) is 19.8 Å². The third kappa shape index (κ3) is 5.99. The number of unbranched alkanes of at least 4 members (excludes halogenated alkanes) is 2. The quantitative estimate of drug-likeness (QED) is 0.224. The molecule has 1 amide bonds. The summed E-state index contributed by atoms with van der Waals surface area (Å²) in [6, 6.07) is 11.1. The Morgan fingerprint density at radius 2 is 1.80 bits per heavy atom. The molecule has 0 aliphatic carbocycles. The normalized spacial score (nSPS) is 20.7. The number of pyridine rings is 3. The van der Waals surface area contributed by atoms with Gasteiger partial charge in [0.1, 0.15) is 23.0 Å². The van der Waals surface area contributed by atoms with Crippen molar-refractivity contribution in [2.45, 2.75) is 76.7 Å². The van der Waals surface area contributed by atoms with Crippen molar-refractivity contribution < 1.29 is 14.6 Å². The molecule has 4 aromatic heterocycles. The van der Waals surface area contributed by atoms with E-state index in [0.717, 1.165) is 63.2 Å². The summed E-state index contributed by atoms with van der Waals surface area (Å²) in [5.41, 5.74) is 5.06. The molecule has 8 heterocycles. The first-order valence-corrected chi connectivity index (χ1v) is 18.1. The van der Waals surface area contributed by atoms with E-state index < -0.39 is 0 Å². The number of carbonyl (C=O) groups excluding carboxylic acids is 1. The molecule has 0 spiro atoms. The zero-order chi connectivity index (χ0) is 34.4. The zero-order valence-corrected chi connectivity index (χ0v) is 28.9. The van der Waals surface area contributed by atoms with Gasteiger partial charge in [0.15, 0.2) is 0 Å². The number of aromatic nitrogens is 4. The molecule has 8 rings (SSSR count). The summed E-state index contributed by atoms with van der Waals surface area (Å²) in [6.07, 6.45) is 14.1. The van der Waals surface area contributed by atoms with Gasteiger partial charge in [0.25, 0.3) is 11.5 Å². The van der Waals surface area contributed by atoms with E-state index >= 15 is 0 Å². The summed E-state index contributed by atoms with van der Waals surface area (Å²) in [4.78, 5) is 43.2. The highest BCUT2D eigenvalue weighted by Crippen LogP contribution is 2.37. The maximum absolute atomic E-state index is 13.8. The van der Waals surface area contributed by atoms with Gasteiger partial charge in [0.05, 0.1) is 37.7 Å². The number of amides is 1. The van der Waals surface area contributed by atoms with Crippen LogP contribution in [0.4, 0.5) is 23.0 Å². The predicted octanol–water partition coefficient (Wildman–Crippen LogP) is 4.32. The fraction of sp³-hybridized carbons (Fsp3) is 0.474. The van der Waals surface area contributed by atoms with Gasteiger partial charge < -0.3 is 29.2 Å². The van der Waals surface area contributed by atoms with Crippen molar-refractivity contribution in [3.05, 3.63) is 82.3 Å². The van der Waals surface area contributed by atoms with E-state index in [1.54, 1.807) is 30.4 Å². The molecule has 3 fully saturated rings. The summed E-state index contributed by atoms with van der Waals surface area (Å²) in [6.45, 7) is 6.78. The first kappa shape index (κ1) is 32.7. The lowest BCUT2D eigenvalue weighted by molar-refractivity contribution is -0.0704. The number of hydrogen-bond acceptors (Lipinski definition) is 9. The first-order chi connectivity index (χ1) is 24.4. The number of anilines is 4. The van der Waals surface area contributed by atoms with Crippen molar-refractivity contribution in [2.75, 3.05) is 48.0 Å². The molecule has 0 aromatic carbocycles. The summed E-state index contributed by atoms with van der Waals surface area (Å²) in [5, 5.41) is 13.9. The molecule has 4 aliphatic rings. The number of piperazine rings is 1. The standard InChI is InChI=1S/C38H46N8O4/c1-3-4-5-6-25-15-34-38(49)45(14-13-43(34)18-25)36-32(22-47)31(11-12-39-36)26-16-33(37(48)42(2)19-26)41-35-10-9-27(17-40-35)46-28-7-8-29(46)21-44(20-28)30-23-50-24-30/h9-12,15-19,28-30,47H,3-8,13-14,20-24H2,1-2H3,(H,40,41)/t28-,29+. The molecule has 262 valence electrons. The fourth-order valence-electron chi connectivity index (χ4n) is 8.23. The van der Waals surface area contributed by atoms with Crippen LogP contribution in [0.15, 0.2) is 59.9 Å². The highest BCUT2D eigenvalue weighted by Gasteiger charge is 2.43. The lowest BCUT2D eigenvalue weighted by atomic mass is 10.0. The molecule has 2 N–H and O–H groups in total. The lowest BCUT2D eigenvalue weighted by Gasteiger charge is -2.47. The maximum Gasteiger partial charge on any atom is 0.276 e. The second kappa shape index (κ2) is 13.7. The van der Waals surface area contributed by atoms with E-state index in [1.165, 1.54) is 23.0 Å². The average molecular weight is 679 g/mol. The van der Waals surface area contributed by atoms with Crippen molar-refractivity contribution in [1.29, 1.82) is 0 Å². The number of aliphatic hydroxyl groups excluding tert-OH is 1. The lowest BCUT2D eigenvalue weighted by Crippen LogP contribution is -2.60. The number of rotatable bonds is 11. The third-order valence-electron chi connectivity index (χ3n) is 10.9. The second-order valence-electron chi connectivity index (χ2n) is 14.2. The number of ether oxygens (including phenoxy) is 1. The Hall–Kier alpha value is -4.52. The van der Waals surface area contributed by atoms with Crippen molar-refractivity contribution in [2.24, 2.45) is 7.05 Å². The highest BCUT2D eigenvalue weighted by molar-refractivity contribution is 6.06. The number of aryl methyl sites for hydroxylation is 2. The number of fused-ring (bicyclic) bond motifs is 3. The monoisotopic (exact) mass is 678 g/mol. The van der Waals surface area contributed by atoms with E-state index in [1.807, 2.05) is 29.0 Å². The van der Waals surface area contributed by atoms with E-state index in [-0.39, 0.29) is 18.1 Å². The minimum absolute atomic E-state index is 0.127. The summed E-state index contributed by atoms with van der Waals surface area (Å²) < 4.78 is 9.00. The van der Waals surface area contributed by atoms with Crippen molar-refractivity contribution in [1.82, 2.24) is 24.0 Å². The summed E-state index contributed by atoms with van der Waals surface area (Å²) >= 11 is 0. The van der Waals surface area contributed by atoms with E-state index in [4.69, 9.17) is 9.72 Å². The largest absolute Gasteiger partial charge is 0.392 e. The van der Waals surface area contributed by atoms with E-state index in [2.05, 4.69) is 39.3 Å². The topological polar surface area (TPSA) is 121 Å². The molecule has 50 heavy (non-hydrogen) atoms. The Morgan fingerprint density at radius 1 is 0.980 bits per heavy atom. The predicted molar refractivity (Wildman–Crippen MR) is 193 cm³/mol. The molecule has 0 radical (unpaired) electrons. The number of hydrogen-bond donors (Lipinski definition) is 2. The molecule has 0 saturated carbocycles. The summed E-state index contributed by atoms with van der Waals surface area (Å²) in [7, 11) is 1.71. The van der Waals surface area contributed by atoms with Crippen LogP contribution in [0.1, 0.15) is 60.6 Å². The average Bonchev–Trinajstić information content (AvgIpc) is 3.64. The van der Waals surface area contributed by atoms with Gasteiger partial charge in [0.2, 0.25) is 0 Å². The Bertz CT molecular complexity index is 1920. The molecule has 12 heteroatoms. The first-order valence-electron chi connectivity index (χ1n) is 18.1. The molecule has 0 unspecified atom stereocenters. The molecule has 2 bridgehead atoms. The van der Waals surface area contributed by atoms with Crippen molar-refractivity contribution >= 4 is 28.9 Å². The van der Waals surface area contributed by atoms with Gasteiger partial charge in [-0.25, -0.2) is 9.97 Å². The fourth-order valence-corrected chi connectivity index (χ4v) is 8.23. The summed E-state index contributed by atoms with van der Waals surface area (Å²) in [5.74, 6) is 0.887. The molecular weight excluding hydrogens is 632 g/mol. The molecule has 12 nitrogen and oxygen atoms in total. The second-order valence-corrected chi connectivity index (χ2v) is 14.2. The van der Waals surface area contributed by atoms with E-state index in [9.17, 15) is 14.7 Å². The van der Waals surface area contributed by atoms with Crippen LogP contribution in [-0.2, 0) is 31.4 Å². The SMILES string of the molecule is CCCCCc1cc2n(c1)CCN(c1nccc(-c3cc(Nc4ccc(N5[C@@H]6CC[C@H]5CN(C5COC5)C6)cn4)c(=O)n(C)c3)c1CO)C2=O. The van der Waals surface area contributed by atoms with Crippen LogP contribution >= 0.6 is 0 Å². The number of nitrogens with zero attached hydrogens (tertiary/aromatic N) is 7. The Morgan fingerprint density at radius 3 is 2.50 bits per heavy atom.